The molecule has 0 spiro atoms. The van der Waals surface area contributed by atoms with Crippen molar-refractivity contribution in [3.05, 3.63) is 31.6 Å². The van der Waals surface area contributed by atoms with Crippen LogP contribution in [-0.2, 0) is 0 Å². The van der Waals surface area contributed by atoms with Gasteiger partial charge in [-0.25, -0.2) is 0 Å². The number of carbonyl (C=O) groups is 1. The average Bonchev–Trinajstić information content (AvgIpc) is 2.89. The number of hydrogen-bond acceptors (Lipinski definition) is 5. The molecule has 0 radical (unpaired) electrons. The summed E-state index contributed by atoms with van der Waals surface area (Å²) >= 11 is 8.14. The lowest BCUT2D eigenvalue weighted by molar-refractivity contribution is 0.102. The molecule has 0 unspecified atom stereocenters. The number of rotatable bonds is 5. The zero-order valence-electron chi connectivity index (χ0n) is 11.5. The standard InChI is InChI=1S/C13H14Br2N4OS/c1-3-4-16-13-19-18-12(21-13)11(20)17-10-8(14)5-7(2)6-9(10)15/h5-6H,3-4H2,1-2H3,(H,16,19)(H,17,20). The van der Waals surface area contributed by atoms with Gasteiger partial charge in [-0.2, -0.15) is 0 Å². The molecule has 1 amide bonds. The minimum absolute atomic E-state index is 0.276. The fraction of sp³-hybridized carbons (Fsp3) is 0.308. The summed E-state index contributed by atoms with van der Waals surface area (Å²) in [4.78, 5) is 12.2. The first-order chi connectivity index (χ1) is 10.0. The largest absolute Gasteiger partial charge is 0.360 e. The van der Waals surface area contributed by atoms with Crippen LogP contribution in [-0.4, -0.2) is 22.6 Å². The minimum Gasteiger partial charge on any atom is -0.360 e. The number of anilines is 2. The maximum atomic E-state index is 12.2. The molecule has 5 nitrogen and oxygen atoms in total. The maximum absolute atomic E-state index is 12.2. The van der Waals surface area contributed by atoms with Crippen molar-refractivity contribution in [1.82, 2.24) is 10.2 Å². The molecule has 1 aromatic heterocycles. The highest BCUT2D eigenvalue weighted by Crippen LogP contribution is 2.32. The lowest BCUT2D eigenvalue weighted by Crippen LogP contribution is -2.12. The Kier molecular flexibility index (Phi) is 5.72. The SMILES string of the molecule is CCCNc1nnc(C(=O)Nc2c(Br)cc(C)cc2Br)s1. The van der Waals surface area contributed by atoms with Crippen LogP contribution in [0.3, 0.4) is 0 Å². The fourth-order valence-corrected chi connectivity index (χ4v) is 3.88. The minimum atomic E-state index is -0.276. The van der Waals surface area contributed by atoms with E-state index in [9.17, 15) is 4.79 Å². The van der Waals surface area contributed by atoms with E-state index in [1.165, 1.54) is 11.3 Å². The number of halogens is 2. The monoisotopic (exact) mass is 432 g/mol. The van der Waals surface area contributed by atoms with Gasteiger partial charge in [0, 0.05) is 15.5 Å². The van der Waals surface area contributed by atoms with Gasteiger partial charge in [0.25, 0.3) is 5.91 Å². The molecule has 21 heavy (non-hydrogen) atoms. The lowest BCUT2D eigenvalue weighted by atomic mass is 10.2. The van der Waals surface area contributed by atoms with Crippen molar-refractivity contribution >= 4 is 59.9 Å². The molecule has 2 N–H and O–H groups in total. The van der Waals surface area contributed by atoms with Crippen molar-refractivity contribution in [2.45, 2.75) is 20.3 Å². The highest BCUT2D eigenvalue weighted by atomic mass is 79.9. The first-order valence-corrected chi connectivity index (χ1v) is 8.76. The highest BCUT2D eigenvalue weighted by molar-refractivity contribution is 9.11. The molecule has 0 saturated heterocycles. The summed E-state index contributed by atoms with van der Waals surface area (Å²) in [6, 6.07) is 3.88. The van der Waals surface area contributed by atoms with Gasteiger partial charge in [0.2, 0.25) is 10.1 Å². The predicted octanol–water partition coefficient (Wildman–Crippen LogP) is 4.45. The Morgan fingerprint density at radius 3 is 2.57 bits per heavy atom. The third-order valence-corrected chi connectivity index (χ3v) is 4.70. The molecule has 8 heteroatoms. The van der Waals surface area contributed by atoms with E-state index in [2.05, 4.69) is 59.6 Å². The molecule has 1 aromatic carbocycles. The quantitative estimate of drug-likeness (QED) is 0.730. The number of nitrogens with zero attached hydrogens (tertiary/aromatic N) is 2. The molecular weight excluding hydrogens is 420 g/mol. The molecule has 0 aliphatic rings. The topological polar surface area (TPSA) is 66.9 Å². The Morgan fingerprint density at radius 1 is 1.29 bits per heavy atom. The lowest BCUT2D eigenvalue weighted by Gasteiger charge is -2.09. The van der Waals surface area contributed by atoms with Gasteiger partial charge in [-0.3, -0.25) is 4.79 Å². The zero-order valence-corrected chi connectivity index (χ0v) is 15.5. The van der Waals surface area contributed by atoms with Crippen LogP contribution in [0.15, 0.2) is 21.1 Å². The Morgan fingerprint density at radius 2 is 1.95 bits per heavy atom. The van der Waals surface area contributed by atoms with Gasteiger partial charge in [0.15, 0.2) is 0 Å². The second kappa shape index (κ2) is 7.33. The normalized spacial score (nSPS) is 10.5. The number of aryl methyl sites for hydroxylation is 1. The zero-order chi connectivity index (χ0) is 15.4. The van der Waals surface area contributed by atoms with Crippen LogP contribution in [0.2, 0.25) is 0 Å². The third-order valence-electron chi connectivity index (χ3n) is 2.57. The Bertz CT molecular complexity index is 636. The number of aromatic nitrogens is 2. The second-order valence-corrected chi connectivity index (χ2v) is 7.08. The van der Waals surface area contributed by atoms with Crippen LogP contribution in [0.25, 0.3) is 0 Å². The van der Waals surface area contributed by atoms with Gasteiger partial charge in [0.1, 0.15) is 0 Å². The van der Waals surface area contributed by atoms with E-state index in [1.807, 2.05) is 19.1 Å². The van der Waals surface area contributed by atoms with E-state index >= 15 is 0 Å². The highest BCUT2D eigenvalue weighted by Gasteiger charge is 2.16. The summed E-state index contributed by atoms with van der Waals surface area (Å²) in [7, 11) is 0. The van der Waals surface area contributed by atoms with Crippen LogP contribution >= 0.6 is 43.2 Å². The van der Waals surface area contributed by atoms with Gasteiger partial charge in [-0.15, -0.1) is 10.2 Å². The van der Waals surface area contributed by atoms with Crippen molar-refractivity contribution in [2.24, 2.45) is 0 Å². The summed E-state index contributed by atoms with van der Waals surface area (Å²) in [5.41, 5.74) is 1.78. The molecule has 0 atom stereocenters. The summed E-state index contributed by atoms with van der Waals surface area (Å²) in [6.45, 7) is 4.86. The second-order valence-electron chi connectivity index (χ2n) is 4.40. The molecule has 0 fully saturated rings. The number of carbonyl (C=O) groups excluding carboxylic acids is 1. The van der Waals surface area contributed by atoms with Gasteiger partial charge in [-0.1, -0.05) is 18.3 Å². The average molecular weight is 434 g/mol. The van der Waals surface area contributed by atoms with Crippen LogP contribution in [0.1, 0.15) is 28.7 Å². The fourth-order valence-electron chi connectivity index (χ4n) is 1.60. The summed E-state index contributed by atoms with van der Waals surface area (Å²) < 4.78 is 1.63. The number of amides is 1. The van der Waals surface area contributed by atoms with Crippen molar-refractivity contribution in [3.8, 4) is 0 Å². The summed E-state index contributed by atoms with van der Waals surface area (Å²) in [5.74, 6) is -0.276. The maximum Gasteiger partial charge on any atom is 0.286 e. The van der Waals surface area contributed by atoms with E-state index in [4.69, 9.17) is 0 Å². The van der Waals surface area contributed by atoms with Crippen LogP contribution in [0.5, 0.6) is 0 Å². The summed E-state index contributed by atoms with van der Waals surface area (Å²) in [5, 5.41) is 14.8. The van der Waals surface area contributed by atoms with Gasteiger partial charge >= 0.3 is 0 Å². The first-order valence-electron chi connectivity index (χ1n) is 6.35. The molecule has 1 heterocycles. The first kappa shape index (κ1) is 16.4. The van der Waals surface area contributed by atoms with Crippen molar-refractivity contribution in [2.75, 3.05) is 17.2 Å². The van der Waals surface area contributed by atoms with Crippen LogP contribution in [0.4, 0.5) is 10.8 Å². The number of hydrogen-bond donors (Lipinski definition) is 2. The molecule has 2 aromatic rings. The third kappa shape index (κ3) is 4.24. The molecule has 0 saturated carbocycles. The van der Waals surface area contributed by atoms with E-state index in [-0.39, 0.29) is 5.91 Å². The van der Waals surface area contributed by atoms with Gasteiger partial charge < -0.3 is 10.6 Å². The molecule has 0 aliphatic heterocycles. The Labute approximate surface area is 143 Å². The van der Waals surface area contributed by atoms with Crippen LogP contribution in [0, 0.1) is 6.92 Å². The van der Waals surface area contributed by atoms with Gasteiger partial charge in [-0.05, 0) is 62.9 Å². The molecular formula is C13H14Br2N4OS. The molecule has 0 bridgehead atoms. The Hall–Kier alpha value is -0.990. The van der Waals surface area contributed by atoms with E-state index in [0.29, 0.717) is 15.8 Å². The smallest absolute Gasteiger partial charge is 0.286 e. The molecule has 0 aliphatic carbocycles. The van der Waals surface area contributed by atoms with Crippen LogP contribution < -0.4 is 10.6 Å². The van der Waals surface area contributed by atoms with E-state index < -0.39 is 0 Å². The van der Waals surface area contributed by atoms with Crippen molar-refractivity contribution in [3.63, 3.8) is 0 Å². The van der Waals surface area contributed by atoms with Gasteiger partial charge in [0.05, 0.1) is 5.69 Å². The van der Waals surface area contributed by atoms with E-state index in [0.717, 1.165) is 27.5 Å². The number of benzene rings is 1. The summed E-state index contributed by atoms with van der Waals surface area (Å²) in [6.07, 6.45) is 0.990. The molecule has 112 valence electrons. The van der Waals surface area contributed by atoms with Crippen molar-refractivity contribution in [1.29, 1.82) is 0 Å². The number of nitrogens with one attached hydrogen (secondary N) is 2. The Balaban J connectivity index is 2.13. The van der Waals surface area contributed by atoms with E-state index in [1.54, 1.807) is 0 Å². The van der Waals surface area contributed by atoms with Crippen molar-refractivity contribution < 1.29 is 4.79 Å². The molecule has 2 rings (SSSR count). The predicted molar refractivity (Wildman–Crippen MR) is 93.2 cm³/mol.